The Bertz CT molecular complexity index is 655. The molecular formula is C17H18N2O2. The van der Waals surface area contributed by atoms with Gasteiger partial charge in [-0.2, -0.15) is 0 Å². The zero-order chi connectivity index (χ0) is 14.8. The molecule has 0 aliphatic carbocycles. The van der Waals surface area contributed by atoms with E-state index in [-0.39, 0.29) is 5.91 Å². The van der Waals surface area contributed by atoms with Crippen molar-refractivity contribution in [2.75, 3.05) is 18.6 Å². The Labute approximate surface area is 124 Å². The van der Waals surface area contributed by atoms with E-state index in [9.17, 15) is 4.79 Å². The second-order valence-electron chi connectivity index (χ2n) is 5.12. The van der Waals surface area contributed by atoms with Crippen LogP contribution in [0.4, 0.5) is 5.69 Å². The van der Waals surface area contributed by atoms with Crippen molar-refractivity contribution in [1.29, 1.82) is 0 Å². The molecular weight excluding hydrogens is 264 g/mol. The van der Waals surface area contributed by atoms with Crippen LogP contribution in [-0.2, 0) is 11.2 Å². The van der Waals surface area contributed by atoms with Crippen molar-refractivity contribution < 1.29 is 9.53 Å². The number of carbonyl (C=O) groups is 1. The minimum absolute atomic E-state index is 0.0647. The summed E-state index contributed by atoms with van der Waals surface area (Å²) in [6.07, 6.45) is 0.833. The molecule has 0 radical (unpaired) electrons. The van der Waals surface area contributed by atoms with Crippen molar-refractivity contribution in [1.82, 2.24) is 0 Å². The standard InChI is InChI=1S/C17H18N2O2/c1-21-14-7-8-15-13(11-14)9-10-19(15)17(20)16(18)12-5-3-2-4-6-12/h2-8,11,16H,9-10,18H2,1H3. The maximum atomic E-state index is 12.6. The van der Waals surface area contributed by atoms with E-state index in [1.165, 1.54) is 0 Å². The molecule has 1 aliphatic heterocycles. The van der Waals surface area contributed by atoms with Crippen LogP contribution in [0.15, 0.2) is 48.5 Å². The molecule has 3 rings (SSSR count). The molecule has 0 fully saturated rings. The summed E-state index contributed by atoms with van der Waals surface area (Å²) in [7, 11) is 1.64. The van der Waals surface area contributed by atoms with Gasteiger partial charge < -0.3 is 15.4 Å². The van der Waals surface area contributed by atoms with Gasteiger partial charge in [0.2, 0.25) is 5.91 Å². The second-order valence-corrected chi connectivity index (χ2v) is 5.12. The third-order valence-electron chi connectivity index (χ3n) is 3.87. The van der Waals surface area contributed by atoms with Gasteiger partial charge in [0.15, 0.2) is 0 Å². The van der Waals surface area contributed by atoms with Gasteiger partial charge in [-0.3, -0.25) is 4.79 Å². The first-order valence-electron chi connectivity index (χ1n) is 6.99. The Balaban J connectivity index is 1.85. The maximum Gasteiger partial charge on any atom is 0.248 e. The summed E-state index contributed by atoms with van der Waals surface area (Å²) in [5, 5.41) is 0. The highest BCUT2D eigenvalue weighted by molar-refractivity contribution is 5.99. The number of benzene rings is 2. The van der Waals surface area contributed by atoms with Gasteiger partial charge in [0.25, 0.3) is 0 Å². The topological polar surface area (TPSA) is 55.6 Å². The summed E-state index contributed by atoms with van der Waals surface area (Å²) in [4.78, 5) is 14.4. The van der Waals surface area contributed by atoms with Crippen LogP contribution in [-0.4, -0.2) is 19.6 Å². The fourth-order valence-electron chi connectivity index (χ4n) is 2.70. The number of nitrogens with two attached hydrogens (primary N) is 1. The molecule has 2 aromatic carbocycles. The van der Waals surface area contributed by atoms with E-state index in [4.69, 9.17) is 10.5 Å². The van der Waals surface area contributed by atoms with Crippen LogP contribution < -0.4 is 15.4 Å². The molecule has 0 saturated heterocycles. The highest BCUT2D eigenvalue weighted by atomic mass is 16.5. The minimum Gasteiger partial charge on any atom is -0.497 e. The van der Waals surface area contributed by atoms with Crippen molar-refractivity contribution in [2.24, 2.45) is 5.73 Å². The van der Waals surface area contributed by atoms with Gasteiger partial charge in [-0.1, -0.05) is 30.3 Å². The number of ether oxygens (including phenoxy) is 1. The number of nitrogens with zero attached hydrogens (tertiary/aromatic N) is 1. The van der Waals surface area contributed by atoms with E-state index in [0.717, 1.165) is 29.0 Å². The molecule has 2 aromatic rings. The monoisotopic (exact) mass is 282 g/mol. The molecule has 1 aliphatic rings. The Morgan fingerprint density at radius 3 is 2.71 bits per heavy atom. The van der Waals surface area contributed by atoms with Gasteiger partial charge in [0.05, 0.1) is 7.11 Å². The first-order chi connectivity index (χ1) is 10.2. The number of hydrogen-bond donors (Lipinski definition) is 1. The number of anilines is 1. The Kier molecular flexibility index (Phi) is 3.62. The minimum atomic E-state index is -0.626. The average Bonchev–Trinajstić information content (AvgIpc) is 2.97. The predicted octanol–water partition coefficient (Wildman–Crippen LogP) is 2.28. The van der Waals surface area contributed by atoms with Gasteiger partial charge in [-0.05, 0) is 35.7 Å². The number of amides is 1. The zero-order valence-electron chi connectivity index (χ0n) is 12.0. The zero-order valence-corrected chi connectivity index (χ0v) is 12.0. The van der Waals surface area contributed by atoms with Crippen molar-refractivity contribution in [3.05, 3.63) is 59.7 Å². The van der Waals surface area contributed by atoms with Crippen molar-refractivity contribution >= 4 is 11.6 Å². The highest BCUT2D eigenvalue weighted by Crippen LogP contribution is 2.32. The molecule has 1 atom stereocenters. The van der Waals surface area contributed by atoms with Gasteiger partial charge >= 0.3 is 0 Å². The summed E-state index contributed by atoms with van der Waals surface area (Å²) in [5.41, 5.74) is 9.02. The molecule has 1 amide bonds. The lowest BCUT2D eigenvalue weighted by Crippen LogP contribution is -2.37. The average molecular weight is 282 g/mol. The molecule has 4 heteroatoms. The number of hydrogen-bond acceptors (Lipinski definition) is 3. The molecule has 0 spiro atoms. The lowest BCUT2D eigenvalue weighted by molar-refractivity contribution is -0.119. The van der Waals surface area contributed by atoms with E-state index < -0.39 is 6.04 Å². The van der Waals surface area contributed by atoms with Gasteiger partial charge in [0.1, 0.15) is 11.8 Å². The molecule has 0 saturated carbocycles. The summed E-state index contributed by atoms with van der Waals surface area (Å²) in [5.74, 6) is 0.750. The molecule has 1 unspecified atom stereocenters. The van der Waals surface area contributed by atoms with Crippen LogP contribution >= 0.6 is 0 Å². The summed E-state index contributed by atoms with van der Waals surface area (Å²) in [6, 6.07) is 14.6. The SMILES string of the molecule is COc1ccc2c(c1)CCN2C(=O)C(N)c1ccccc1. The lowest BCUT2D eigenvalue weighted by Gasteiger charge is -2.22. The van der Waals surface area contributed by atoms with Gasteiger partial charge in [-0.25, -0.2) is 0 Å². The number of rotatable bonds is 3. The molecule has 0 bridgehead atoms. The van der Waals surface area contributed by atoms with Crippen molar-refractivity contribution in [3.8, 4) is 5.75 Å². The third-order valence-corrected chi connectivity index (χ3v) is 3.87. The smallest absolute Gasteiger partial charge is 0.248 e. The van der Waals surface area contributed by atoms with Gasteiger partial charge in [-0.15, -0.1) is 0 Å². The molecule has 108 valence electrons. The number of fused-ring (bicyclic) bond motifs is 1. The molecule has 1 heterocycles. The normalized spacial score (nSPS) is 14.7. The van der Waals surface area contributed by atoms with Gasteiger partial charge in [0, 0.05) is 12.2 Å². The van der Waals surface area contributed by atoms with E-state index in [0.29, 0.717) is 6.54 Å². The lowest BCUT2D eigenvalue weighted by atomic mass is 10.1. The third kappa shape index (κ3) is 2.50. The molecule has 2 N–H and O–H groups in total. The van der Waals surface area contributed by atoms with Crippen molar-refractivity contribution in [2.45, 2.75) is 12.5 Å². The molecule has 0 aromatic heterocycles. The van der Waals surface area contributed by atoms with Crippen LogP contribution in [0.3, 0.4) is 0 Å². The number of carbonyl (C=O) groups excluding carboxylic acids is 1. The Hall–Kier alpha value is -2.33. The Morgan fingerprint density at radius 2 is 2.00 bits per heavy atom. The molecule has 4 nitrogen and oxygen atoms in total. The van der Waals surface area contributed by atoms with E-state index in [1.54, 1.807) is 12.0 Å². The van der Waals surface area contributed by atoms with Crippen LogP contribution in [0, 0.1) is 0 Å². The Morgan fingerprint density at radius 1 is 1.24 bits per heavy atom. The quantitative estimate of drug-likeness (QED) is 0.939. The van der Waals surface area contributed by atoms with E-state index in [1.807, 2.05) is 48.5 Å². The van der Waals surface area contributed by atoms with Crippen LogP contribution in [0.2, 0.25) is 0 Å². The largest absolute Gasteiger partial charge is 0.497 e. The van der Waals surface area contributed by atoms with Crippen molar-refractivity contribution in [3.63, 3.8) is 0 Å². The summed E-state index contributed by atoms with van der Waals surface area (Å²) >= 11 is 0. The van der Waals surface area contributed by atoms with Crippen LogP contribution in [0.5, 0.6) is 5.75 Å². The van der Waals surface area contributed by atoms with Crippen LogP contribution in [0.1, 0.15) is 17.2 Å². The van der Waals surface area contributed by atoms with Crippen LogP contribution in [0.25, 0.3) is 0 Å². The molecule has 21 heavy (non-hydrogen) atoms. The first kappa shape index (κ1) is 13.6. The first-order valence-corrected chi connectivity index (χ1v) is 6.99. The summed E-state index contributed by atoms with van der Waals surface area (Å²) < 4.78 is 5.22. The maximum absolute atomic E-state index is 12.6. The predicted molar refractivity (Wildman–Crippen MR) is 82.4 cm³/mol. The highest BCUT2D eigenvalue weighted by Gasteiger charge is 2.29. The second kappa shape index (κ2) is 5.58. The van der Waals surface area contributed by atoms with E-state index in [2.05, 4.69) is 0 Å². The fraction of sp³-hybridized carbons (Fsp3) is 0.235. The number of methoxy groups -OCH3 is 1. The van der Waals surface area contributed by atoms with E-state index >= 15 is 0 Å². The summed E-state index contributed by atoms with van der Waals surface area (Å²) in [6.45, 7) is 0.669. The fourth-order valence-corrected chi connectivity index (χ4v) is 2.70.